The predicted molar refractivity (Wildman–Crippen MR) is 70.8 cm³/mol. The Labute approximate surface area is 112 Å². The topological polar surface area (TPSA) is 75.6 Å². The molecular formula is C12H21NO4S. The van der Waals surface area contributed by atoms with Crippen LogP contribution in [0.4, 0.5) is 0 Å². The van der Waals surface area contributed by atoms with Crippen LogP contribution in [0.25, 0.3) is 0 Å². The highest BCUT2D eigenvalue weighted by molar-refractivity contribution is 7.99. The van der Waals surface area contributed by atoms with Gasteiger partial charge in [0.15, 0.2) is 0 Å². The van der Waals surface area contributed by atoms with Gasteiger partial charge in [0.1, 0.15) is 5.60 Å². The molecule has 5 nitrogen and oxygen atoms in total. The van der Waals surface area contributed by atoms with Crippen molar-refractivity contribution in [1.29, 1.82) is 0 Å². The van der Waals surface area contributed by atoms with E-state index < -0.39 is 11.6 Å². The van der Waals surface area contributed by atoms with Crippen molar-refractivity contribution >= 4 is 23.6 Å². The van der Waals surface area contributed by atoms with E-state index in [4.69, 9.17) is 9.84 Å². The summed E-state index contributed by atoms with van der Waals surface area (Å²) in [4.78, 5) is 22.4. The second kappa shape index (κ2) is 7.63. The van der Waals surface area contributed by atoms with Gasteiger partial charge in [0, 0.05) is 18.9 Å². The van der Waals surface area contributed by atoms with E-state index in [-0.39, 0.29) is 11.7 Å². The van der Waals surface area contributed by atoms with Crippen molar-refractivity contribution in [3.8, 4) is 0 Å². The summed E-state index contributed by atoms with van der Waals surface area (Å²) >= 11 is 1.30. The second-order valence-corrected chi connectivity index (χ2v) is 5.44. The van der Waals surface area contributed by atoms with Crippen LogP contribution in [0.5, 0.6) is 0 Å². The zero-order chi connectivity index (χ0) is 13.4. The van der Waals surface area contributed by atoms with E-state index in [1.54, 1.807) is 0 Å². The monoisotopic (exact) mass is 275 g/mol. The molecule has 0 radical (unpaired) electrons. The lowest BCUT2D eigenvalue weighted by molar-refractivity contribution is -0.145. The maximum Gasteiger partial charge on any atom is 0.313 e. The van der Waals surface area contributed by atoms with Crippen LogP contribution in [0.15, 0.2) is 0 Å². The first-order valence-corrected chi connectivity index (χ1v) is 7.48. The second-order valence-electron chi connectivity index (χ2n) is 4.34. The first kappa shape index (κ1) is 15.3. The summed E-state index contributed by atoms with van der Waals surface area (Å²) in [5, 5.41) is 11.3. The summed E-state index contributed by atoms with van der Waals surface area (Å²) in [5.74, 6) is -0.183. The third kappa shape index (κ3) is 4.49. The van der Waals surface area contributed by atoms with Crippen molar-refractivity contribution in [3.05, 3.63) is 0 Å². The lowest BCUT2D eigenvalue weighted by Crippen LogP contribution is -2.47. The van der Waals surface area contributed by atoms with Gasteiger partial charge in [0.05, 0.1) is 5.75 Å². The van der Waals surface area contributed by atoms with E-state index in [9.17, 15) is 9.59 Å². The summed E-state index contributed by atoms with van der Waals surface area (Å²) in [7, 11) is 0. The Morgan fingerprint density at radius 2 is 2.06 bits per heavy atom. The molecule has 0 aromatic rings. The molecule has 0 heterocycles. The number of nitrogens with one attached hydrogen (secondary N) is 1. The number of amides is 1. The maximum absolute atomic E-state index is 12.1. The number of thioether (sulfide) groups is 1. The zero-order valence-electron chi connectivity index (χ0n) is 10.7. The smallest absolute Gasteiger partial charge is 0.313 e. The van der Waals surface area contributed by atoms with Crippen LogP contribution in [-0.2, 0) is 14.3 Å². The molecule has 1 aliphatic rings. The molecule has 0 atom stereocenters. The molecule has 1 rings (SSSR count). The van der Waals surface area contributed by atoms with Crippen LogP contribution in [0, 0.1) is 0 Å². The summed E-state index contributed by atoms with van der Waals surface area (Å²) in [5.41, 5.74) is -0.633. The lowest BCUT2D eigenvalue weighted by Gasteiger charge is -2.27. The SMILES string of the molecule is CCOC1(C(=O)NCCSCC(=O)O)CCCC1. The third-order valence-electron chi connectivity index (χ3n) is 3.00. The minimum atomic E-state index is -0.826. The van der Waals surface area contributed by atoms with E-state index in [1.165, 1.54) is 11.8 Å². The fourth-order valence-electron chi connectivity index (χ4n) is 2.22. The predicted octanol–water partition coefficient (Wildman–Crippen LogP) is 1.27. The molecule has 0 aromatic heterocycles. The molecule has 0 spiro atoms. The number of hydrogen-bond donors (Lipinski definition) is 2. The van der Waals surface area contributed by atoms with E-state index in [0.29, 0.717) is 18.9 Å². The number of carboxylic acid groups (broad SMARTS) is 1. The van der Waals surface area contributed by atoms with Crippen LogP contribution < -0.4 is 5.32 Å². The number of hydrogen-bond acceptors (Lipinski definition) is 4. The molecule has 0 aromatic carbocycles. The van der Waals surface area contributed by atoms with Gasteiger partial charge in [-0.15, -0.1) is 11.8 Å². The Kier molecular flexibility index (Phi) is 6.49. The standard InChI is InChI=1S/C12H21NO4S/c1-2-17-12(5-3-4-6-12)11(16)13-7-8-18-9-10(14)15/h2-9H2,1H3,(H,13,16)(H,14,15). The minimum absolute atomic E-state index is 0.0437. The van der Waals surface area contributed by atoms with Gasteiger partial charge in [-0.2, -0.15) is 0 Å². The number of rotatable bonds is 8. The van der Waals surface area contributed by atoms with E-state index in [2.05, 4.69) is 5.32 Å². The van der Waals surface area contributed by atoms with E-state index in [1.807, 2.05) is 6.92 Å². The minimum Gasteiger partial charge on any atom is -0.481 e. The first-order chi connectivity index (χ1) is 8.60. The molecular weight excluding hydrogens is 254 g/mol. The fraction of sp³-hybridized carbons (Fsp3) is 0.833. The molecule has 0 bridgehead atoms. The zero-order valence-corrected chi connectivity index (χ0v) is 11.6. The molecule has 1 amide bonds. The quantitative estimate of drug-likeness (QED) is 0.652. The Hall–Kier alpha value is -0.750. The molecule has 0 aliphatic heterocycles. The Bertz CT molecular complexity index is 290. The van der Waals surface area contributed by atoms with Crippen LogP contribution in [-0.4, -0.2) is 47.2 Å². The maximum atomic E-state index is 12.1. The van der Waals surface area contributed by atoms with Crippen molar-refractivity contribution < 1.29 is 19.4 Å². The molecule has 104 valence electrons. The van der Waals surface area contributed by atoms with Crippen molar-refractivity contribution in [2.24, 2.45) is 0 Å². The summed E-state index contributed by atoms with van der Waals surface area (Å²) in [6.45, 7) is 2.93. The molecule has 18 heavy (non-hydrogen) atoms. The van der Waals surface area contributed by atoms with Crippen molar-refractivity contribution in [2.45, 2.75) is 38.2 Å². The highest BCUT2D eigenvalue weighted by atomic mass is 32.2. The van der Waals surface area contributed by atoms with Crippen LogP contribution in [0.1, 0.15) is 32.6 Å². The largest absolute Gasteiger partial charge is 0.481 e. The van der Waals surface area contributed by atoms with Gasteiger partial charge >= 0.3 is 5.97 Å². The van der Waals surface area contributed by atoms with Gasteiger partial charge in [-0.1, -0.05) is 0 Å². The molecule has 0 unspecified atom stereocenters. The normalized spacial score (nSPS) is 17.6. The molecule has 1 aliphatic carbocycles. The number of aliphatic carboxylic acids is 1. The van der Waals surface area contributed by atoms with Crippen molar-refractivity contribution in [1.82, 2.24) is 5.32 Å². The highest BCUT2D eigenvalue weighted by Crippen LogP contribution is 2.33. The van der Waals surface area contributed by atoms with Gasteiger partial charge in [0.2, 0.25) is 0 Å². The van der Waals surface area contributed by atoms with Crippen molar-refractivity contribution in [2.75, 3.05) is 24.7 Å². The molecule has 1 fully saturated rings. The summed E-state index contributed by atoms with van der Waals surface area (Å²) in [6, 6.07) is 0. The average Bonchev–Trinajstić information content (AvgIpc) is 2.78. The van der Waals surface area contributed by atoms with Gasteiger partial charge in [-0.05, 0) is 32.6 Å². The number of ether oxygens (including phenoxy) is 1. The molecule has 6 heteroatoms. The molecule has 1 saturated carbocycles. The van der Waals surface area contributed by atoms with Gasteiger partial charge in [-0.25, -0.2) is 0 Å². The average molecular weight is 275 g/mol. The van der Waals surface area contributed by atoms with E-state index >= 15 is 0 Å². The van der Waals surface area contributed by atoms with Crippen LogP contribution >= 0.6 is 11.8 Å². The molecule has 2 N–H and O–H groups in total. The Balaban J connectivity index is 2.27. The van der Waals surface area contributed by atoms with Gasteiger partial charge < -0.3 is 15.2 Å². The van der Waals surface area contributed by atoms with Gasteiger partial charge in [0.25, 0.3) is 5.91 Å². The first-order valence-electron chi connectivity index (χ1n) is 6.32. The van der Waals surface area contributed by atoms with Crippen LogP contribution in [0.2, 0.25) is 0 Å². The lowest BCUT2D eigenvalue weighted by atomic mass is 10.0. The molecule has 0 saturated heterocycles. The fourth-order valence-corrected chi connectivity index (χ4v) is 2.78. The summed E-state index contributed by atoms with van der Waals surface area (Å²) in [6.07, 6.45) is 3.63. The summed E-state index contributed by atoms with van der Waals surface area (Å²) < 4.78 is 5.63. The highest BCUT2D eigenvalue weighted by Gasteiger charge is 2.41. The van der Waals surface area contributed by atoms with Crippen LogP contribution in [0.3, 0.4) is 0 Å². The van der Waals surface area contributed by atoms with Gasteiger partial charge in [-0.3, -0.25) is 9.59 Å². The Morgan fingerprint density at radius 3 is 2.61 bits per heavy atom. The number of carboxylic acids is 1. The van der Waals surface area contributed by atoms with Crippen molar-refractivity contribution in [3.63, 3.8) is 0 Å². The number of carbonyl (C=O) groups excluding carboxylic acids is 1. The van der Waals surface area contributed by atoms with E-state index in [0.717, 1.165) is 25.7 Å². The number of carbonyl (C=O) groups is 2. The Morgan fingerprint density at radius 1 is 1.39 bits per heavy atom. The third-order valence-corrected chi connectivity index (χ3v) is 3.95.